The smallest absolute Gasteiger partial charge is 0.416 e. The summed E-state index contributed by atoms with van der Waals surface area (Å²) in [6.45, 7) is 6.13. The van der Waals surface area contributed by atoms with E-state index < -0.39 is 23.1 Å². The van der Waals surface area contributed by atoms with Gasteiger partial charge >= 0.3 is 6.18 Å². The highest BCUT2D eigenvalue weighted by Crippen LogP contribution is 2.33. The highest BCUT2D eigenvalue weighted by Gasteiger charge is 2.34. The van der Waals surface area contributed by atoms with Crippen molar-refractivity contribution in [2.75, 3.05) is 13.1 Å². The van der Waals surface area contributed by atoms with Crippen LogP contribution < -0.4 is 9.46 Å². The lowest BCUT2D eigenvalue weighted by molar-refractivity contribution is -0.137. The second-order valence-electron chi connectivity index (χ2n) is 7.56. The third kappa shape index (κ3) is 6.28. The molecule has 1 N–H and O–H groups in total. The molecule has 1 saturated heterocycles. The van der Waals surface area contributed by atoms with E-state index in [4.69, 9.17) is 16.3 Å². The molecule has 1 aliphatic rings. The number of ether oxygens (including phenoxy) is 1. The number of benzene rings is 2. The SMILES string of the molecule is CC(C)Oc1ccc(CN2CC[C@@H](N[S+]([O-])c3cc(C(F)(F)F)ccc3Cl)C2)cc1. The van der Waals surface area contributed by atoms with Crippen molar-refractivity contribution >= 4 is 23.0 Å². The van der Waals surface area contributed by atoms with Gasteiger partial charge in [0.2, 0.25) is 0 Å². The fourth-order valence-electron chi connectivity index (χ4n) is 3.31. The number of halogens is 4. The zero-order valence-electron chi connectivity index (χ0n) is 16.7. The van der Waals surface area contributed by atoms with Gasteiger partial charge in [-0.05, 0) is 50.1 Å². The maximum absolute atomic E-state index is 12.9. The summed E-state index contributed by atoms with van der Waals surface area (Å²) >= 11 is 4.16. The highest BCUT2D eigenvalue weighted by atomic mass is 35.5. The lowest BCUT2D eigenvalue weighted by Crippen LogP contribution is -2.37. The Bertz CT molecular complexity index is 849. The van der Waals surface area contributed by atoms with Crippen LogP contribution in [-0.2, 0) is 24.1 Å². The maximum atomic E-state index is 12.9. The van der Waals surface area contributed by atoms with E-state index in [1.54, 1.807) is 0 Å². The molecule has 2 aromatic carbocycles. The summed E-state index contributed by atoms with van der Waals surface area (Å²) in [7, 11) is 0. The largest absolute Gasteiger partial charge is 0.593 e. The van der Waals surface area contributed by atoms with E-state index in [-0.39, 0.29) is 22.1 Å². The molecule has 4 nitrogen and oxygen atoms in total. The molecule has 1 unspecified atom stereocenters. The zero-order chi connectivity index (χ0) is 21.9. The quantitative estimate of drug-likeness (QED) is 0.588. The van der Waals surface area contributed by atoms with E-state index in [1.807, 2.05) is 38.1 Å². The van der Waals surface area contributed by atoms with E-state index >= 15 is 0 Å². The number of nitrogens with one attached hydrogen (secondary N) is 1. The molecule has 0 bridgehead atoms. The Balaban J connectivity index is 1.56. The molecule has 0 saturated carbocycles. The third-order valence-electron chi connectivity index (χ3n) is 4.71. The first-order valence-electron chi connectivity index (χ1n) is 9.64. The fraction of sp³-hybridized carbons (Fsp3) is 0.429. The molecule has 0 amide bonds. The van der Waals surface area contributed by atoms with Crippen LogP contribution in [0, 0.1) is 0 Å². The Hall–Kier alpha value is -1.45. The summed E-state index contributed by atoms with van der Waals surface area (Å²) in [4.78, 5) is 2.16. The average molecular weight is 461 g/mol. The van der Waals surface area contributed by atoms with Crippen molar-refractivity contribution in [3.63, 3.8) is 0 Å². The summed E-state index contributed by atoms with van der Waals surface area (Å²) in [5, 5.41) is 0.0485. The summed E-state index contributed by atoms with van der Waals surface area (Å²) < 4.78 is 60.0. The molecule has 30 heavy (non-hydrogen) atoms. The average Bonchev–Trinajstić information content (AvgIpc) is 3.09. The van der Waals surface area contributed by atoms with Crippen LogP contribution in [-0.4, -0.2) is 34.7 Å². The summed E-state index contributed by atoms with van der Waals surface area (Å²) in [6.07, 6.45) is -3.65. The van der Waals surface area contributed by atoms with Crippen LogP contribution in [0.3, 0.4) is 0 Å². The number of rotatable bonds is 7. The molecule has 0 aliphatic carbocycles. The third-order valence-corrected chi connectivity index (χ3v) is 6.43. The molecule has 2 atom stereocenters. The monoisotopic (exact) mass is 460 g/mol. The van der Waals surface area contributed by atoms with Crippen molar-refractivity contribution < 1.29 is 22.5 Å². The van der Waals surface area contributed by atoms with E-state index in [1.165, 1.54) is 0 Å². The molecule has 164 valence electrons. The lowest BCUT2D eigenvalue weighted by Gasteiger charge is -2.19. The number of alkyl halides is 3. The number of nitrogens with zero attached hydrogens (tertiary/aromatic N) is 1. The van der Waals surface area contributed by atoms with E-state index in [9.17, 15) is 17.7 Å². The van der Waals surface area contributed by atoms with Crippen LogP contribution in [0.1, 0.15) is 31.4 Å². The van der Waals surface area contributed by atoms with Crippen LogP contribution >= 0.6 is 11.6 Å². The Morgan fingerprint density at radius 3 is 2.57 bits per heavy atom. The topological polar surface area (TPSA) is 47.6 Å². The van der Waals surface area contributed by atoms with Crippen molar-refractivity contribution in [3.05, 3.63) is 58.6 Å². The molecular formula is C21H24ClF3N2O2S. The summed E-state index contributed by atoms with van der Waals surface area (Å²) in [5.41, 5.74) is 0.267. The molecule has 0 spiro atoms. The van der Waals surface area contributed by atoms with Crippen molar-refractivity contribution in [2.24, 2.45) is 0 Å². The summed E-state index contributed by atoms with van der Waals surface area (Å²) in [5.74, 6) is 0.822. The molecule has 2 aromatic rings. The van der Waals surface area contributed by atoms with Crippen LogP contribution in [0.5, 0.6) is 5.75 Å². The Morgan fingerprint density at radius 1 is 1.23 bits per heavy atom. The number of likely N-dealkylation sites (tertiary alicyclic amines) is 1. The highest BCUT2D eigenvalue weighted by molar-refractivity contribution is 7.89. The van der Waals surface area contributed by atoms with E-state index in [2.05, 4.69) is 9.62 Å². The van der Waals surface area contributed by atoms with Gasteiger partial charge in [-0.15, -0.1) is 4.72 Å². The number of hydrogen-bond donors (Lipinski definition) is 1. The maximum Gasteiger partial charge on any atom is 0.416 e. The van der Waals surface area contributed by atoms with Gasteiger partial charge in [0.25, 0.3) is 0 Å². The minimum absolute atomic E-state index is 0.0485. The van der Waals surface area contributed by atoms with Gasteiger partial charge in [-0.1, -0.05) is 23.7 Å². The van der Waals surface area contributed by atoms with Gasteiger partial charge in [-0.25, -0.2) is 0 Å². The molecule has 1 aliphatic heterocycles. The molecule has 0 aromatic heterocycles. The standard InChI is InChI=1S/C21H24ClF3N2O2S/c1-14(2)29-18-6-3-15(4-7-18)12-27-10-9-17(13-27)26-30(28)20-11-16(21(23,24)25)5-8-19(20)22/h3-8,11,14,17,26H,9-10,12-13H2,1-2H3/t17-,30?/m1/s1. The van der Waals surface area contributed by atoms with Crippen molar-refractivity contribution in [2.45, 2.75) is 50.0 Å². The predicted molar refractivity (Wildman–Crippen MR) is 112 cm³/mol. The van der Waals surface area contributed by atoms with E-state index in [0.717, 1.165) is 49.0 Å². The van der Waals surface area contributed by atoms with Crippen molar-refractivity contribution in [3.8, 4) is 5.75 Å². The van der Waals surface area contributed by atoms with Gasteiger partial charge in [-0.2, -0.15) is 13.2 Å². The lowest BCUT2D eigenvalue weighted by atomic mass is 10.2. The molecule has 9 heteroatoms. The van der Waals surface area contributed by atoms with Gasteiger partial charge in [0.15, 0.2) is 4.90 Å². The Morgan fingerprint density at radius 2 is 1.93 bits per heavy atom. The molecular weight excluding hydrogens is 437 g/mol. The molecule has 3 rings (SSSR count). The minimum Gasteiger partial charge on any atom is -0.593 e. The van der Waals surface area contributed by atoms with Gasteiger partial charge in [0, 0.05) is 25.7 Å². The van der Waals surface area contributed by atoms with Crippen LogP contribution in [0.2, 0.25) is 5.02 Å². The van der Waals surface area contributed by atoms with Crippen LogP contribution in [0.4, 0.5) is 13.2 Å². The zero-order valence-corrected chi connectivity index (χ0v) is 18.3. The van der Waals surface area contributed by atoms with Crippen LogP contribution in [0.25, 0.3) is 0 Å². The van der Waals surface area contributed by atoms with Gasteiger partial charge in [0.05, 0.1) is 34.1 Å². The van der Waals surface area contributed by atoms with Crippen LogP contribution in [0.15, 0.2) is 47.4 Å². The van der Waals surface area contributed by atoms with Gasteiger partial charge < -0.3 is 9.29 Å². The first-order valence-corrected chi connectivity index (χ1v) is 11.2. The first-order chi connectivity index (χ1) is 14.1. The Labute approximate surface area is 182 Å². The van der Waals surface area contributed by atoms with Gasteiger partial charge in [0.1, 0.15) is 5.75 Å². The van der Waals surface area contributed by atoms with Crippen molar-refractivity contribution in [1.82, 2.24) is 9.62 Å². The van der Waals surface area contributed by atoms with E-state index in [0.29, 0.717) is 6.54 Å². The first kappa shape index (κ1) is 23.2. The number of hydrogen-bond acceptors (Lipinski definition) is 4. The normalized spacial score (nSPS) is 18.7. The molecule has 0 radical (unpaired) electrons. The minimum atomic E-state index is -4.51. The second-order valence-corrected chi connectivity index (χ2v) is 9.18. The molecule has 1 heterocycles. The second kappa shape index (κ2) is 9.78. The molecule has 1 fully saturated rings. The fourth-order valence-corrected chi connectivity index (χ4v) is 4.74. The van der Waals surface area contributed by atoms with Gasteiger partial charge in [-0.3, -0.25) is 4.90 Å². The summed E-state index contributed by atoms with van der Waals surface area (Å²) in [6, 6.07) is 10.7. The Kier molecular flexibility index (Phi) is 7.57. The predicted octanol–water partition coefficient (Wildman–Crippen LogP) is 5.03. The van der Waals surface area contributed by atoms with Crippen molar-refractivity contribution in [1.29, 1.82) is 0 Å².